The predicted octanol–water partition coefficient (Wildman–Crippen LogP) is 4.27. The lowest BCUT2D eigenvalue weighted by Gasteiger charge is -2.27. The van der Waals surface area contributed by atoms with E-state index in [2.05, 4.69) is 43.3 Å². The molecule has 1 atom stereocenters. The summed E-state index contributed by atoms with van der Waals surface area (Å²) in [5, 5.41) is 9.40. The Morgan fingerprint density at radius 3 is 2.00 bits per heavy atom. The van der Waals surface area contributed by atoms with E-state index in [9.17, 15) is 5.11 Å². The fraction of sp³-hybridized carbons (Fsp3) is 0.176. The van der Waals surface area contributed by atoms with E-state index in [1.807, 2.05) is 25.1 Å². The molecule has 0 bridgehead atoms. The molecule has 92 valence electrons. The molecule has 1 nitrogen and oxygen atoms in total. The van der Waals surface area contributed by atoms with Gasteiger partial charge in [-0.2, -0.15) is 0 Å². The van der Waals surface area contributed by atoms with E-state index in [-0.39, 0.29) is 5.41 Å². The van der Waals surface area contributed by atoms with Crippen LogP contribution in [0.1, 0.15) is 25.0 Å². The van der Waals surface area contributed by atoms with Crippen LogP contribution in [-0.4, -0.2) is 5.11 Å². The number of hydrogen-bond donors (Lipinski definition) is 1. The maximum Gasteiger partial charge on any atom is 0.115 e. The van der Waals surface area contributed by atoms with Crippen LogP contribution in [0.4, 0.5) is 0 Å². The Morgan fingerprint density at radius 2 is 1.44 bits per heavy atom. The first-order valence-corrected chi connectivity index (χ1v) is 6.16. The van der Waals surface area contributed by atoms with E-state index in [0.29, 0.717) is 5.75 Å². The van der Waals surface area contributed by atoms with Crippen LogP contribution in [0.3, 0.4) is 0 Å². The van der Waals surface area contributed by atoms with Crippen LogP contribution in [0, 0.1) is 0 Å². The van der Waals surface area contributed by atoms with Crippen LogP contribution in [0.25, 0.3) is 0 Å². The lowest BCUT2D eigenvalue weighted by molar-refractivity contribution is 0.474. The first-order chi connectivity index (χ1) is 8.66. The quantitative estimate of drug-likeness (QED) is 0.791. The summed E-state index contributed by atoms with van der Waals surface area (Å²) in [6.07, 6.45) is 4.26. The van der Waals surface area contributed by atoms with Crippen LogP contribution in [0.5, 0.6) is 5.75 Å². The Labute approximate surface area is 108 Å². The zero-order chi connectivity index (χ0) is 13.0. The van der Waals surface area contributed by atoms with Gasteiger partial charge in [-0.05, 0) is 37.1 Å². The molecule has 2 aromatic carbocycles. The van der Waals surface area contributed by atoms with Crippen molar-refractivity contribution >= 4 is 0 Å². The molecule has 0 spiro atoms. The van der Waals surface area contributed by atoms with Gasteiger partial charge < -0.3 is 5.11 Å². The largest absolute Gasteiger partial charge is 0.508 e. The summed E-state index contributed by atoms with van der Waals surface area (Å²) in [5.74, 6) is 0.301. The van der Waals surface area contributed by atoms with Gasteiger partial charge in [0.25, 0.3) is 0 Å². The van der Waals surface area contributed by atoms with Crippen LogP contribution in [-0.2, 0) is 5.41 Å². The number of aromatic hydroxyl groups is 1. The predicted molar refractivity (Wildman–Crippen MR) is 75.8 cm³/mol. The standard InChI is InChI=1S/C17H18O/c1-3-13-17(2,14-7-5-4-6-8-14)15-9-11-16(18)12-10-15/h3-13,18H,1-2H3. The van der Waals surface area contributed by atoms with Gasteiger partial charge in [0, 0.05) is 5.41 Å². The molecule has 1 heteroatoms. The average Bonchev–Trinajstić information content (AvgIpc) is 2.40. The van der Waals surface area contributed by atoms with Gasteiger partial charge in [0.1, 0.15) is 5.75 Å². The summed E-state index contributed by atoms with van der Waals surface area (Å²) in [7, 11) is 0. The molecule has 0 saturated carbocycles. The molecule has 0 fully saturated rings. The minimum Gasteiger partial charge on any atom is -0.508 e. The number of benzene rings is 2. The molecule has 2 aromatic rings. The zero-order valence-electron chi connectivity index (χ0n) is 10.8. The van der Waals surface area contributed by atoms with Gasteiger partial charge in [0.2, 0.25) is 0 Å². The molecule has 0 aliphatic rings. The molecule has 2 rings (SSSR count). The molecule has 0 aliphatic heterocycles. The van der Waals surface area contributed by atoms with Crippen LogP contribution in [0.2, 0.25) is 0 Å². The minimum absolute atomic E-state index is 0.163. The summed E-state index contributed by atoms with van der Waals surface area (Å²) in [6, 6.07) is 17.8. The monoisotopic (exact) mass is 238 g/mol. The topological polar surface area (TPSA) is 20.2 Å². The van der Waals surface area contributed by atoms with Crippen molar-refractivity contribution in [3.8, 4) is 5.75 Å². The molecule has 18 heavy (non-hydrogen) atoms. The van der Waals surface area contributed by atoms with Crippen molar-refractivity contribution in [2.24, 2.45) is 0 Å². The first kappa shape index (κ1) is 12.4. The van der Waals surface area contributed by atoms with E-state index in [1.54, 1.807) is 12.1 Å². The highest BCUT2D eigenvalue weighted by atomic mass is 16.3. The van der Waals surface area contributed by atoms with Gasteiger partial charge >= 0.3 is 0 Å². The van der Waals surface area contributed by atoms with Crippen molar-refractivity contribution in [2.75, 3.05) is 0 Å². The Morgan fingerprint density at radius 1 is 0.889 bits per heavy atom. The van der Waals surface area contributed by atoms with Crippen LogP contribution in [0.15, 0.2) is 66.7 Å². The third-order valence-corrected chi connectivity index (χ3v) is 3.34. The highest BCUT2D eigenvalue weighted by molar-refractivity contribution is 5.44. The Bertz CT molecular complexity index is 525. The van der Waals surface area contributed by atoms with E-state index >= 15 is 0 Å². The number of phenols is 1. The molecule has 0 heterocycles. The van der Waals surface area contributed by atoms with E-state index in [0.717, 1.165) is 0 Å². The van der Waals surface area contributed by atoms with Gasteiger partial charge in [-0.1, -0.05) is 54.6 Å². The van der Waals surface area contributed by atoms with Crippen molar-refractivity contribution in [1.29, 1.82) is 0 Å². The maximum atomic E-state index is 9.40. The van der Waals surface area contributed by atoms with Gasteiger partial charge in [-0.3, -0.25) is 0 Å². The minimum atomic E-state index is -0.163. The average molecular weight is 238 g/mol. The highest BCUT2D eigenvalue weighted by Gasteiger charge is 2.25. The lowest BCUT2D eigenvalue weighted by atomic mass is 9.76. The maximum absolute atomic E-state index is 9.40. The van der Waals surface area contributed by atoms with E-state index in [4.69, 9.17) is 0 Å². The molecule has 0 saturated heterocycles. The fourth-order valence-electron chi connectivity index (χ4n) is 2.28. The number of allylic oxidation sites excluding steroid dienone is 2. The molecule has 1 unspecified atom stereocenters. The smallest absolute Gasteiger partial charge is 0.115 e. The van der Waals surface area contributed by atoms with Gasteiger partial charge in [-0.15, -0.1) is 0 Å². The fourth-order valence-corrected chi connectivity index (χ4v) is 2.28. The Hall–Kier alpha value is -2.02. The highest BCUT2D eigenvalue weighted by Crippen LogP contribution is 2.34. The Kier molecular flexibility index (Phi) is 3.52. The molecule has 0 amide bonds. The van der Waals surface area contributed by atoms with E-state index < -0.39 is 0 Å². The molecule has 0 radical (unpaired) electrons. The van der Waals surface area contributed by atoms with Gasteiger partial charge in [-0.25, -0.2) is 0 Å². The van der Waals surface area contributed by atoms with Crippen molar-refractivity contribution in [3.05, 3.63) is 77.9 Å². The summed E-state index contributed by atoms with van der Waals surface area (Å²) in [4.78, 5) is 0. The first-order valence-electron chi connectivity index (χ1n) is 6.16. The number of hydrogen-bond acceptors (Lipinski definition) is 1. The second-order valence-corrected chi connectivity index (χ2v) is 4.62. The lowest BCUT2D eigenvalue weighted by Crippen LogP contribution is -2.20. The second kappa shape index (κ2) is 5.09. The number of rotatable bonds is 3. The zero-order valence-corrected chi connectivity index (χ0v) is 10.8. The van der Waals surface area contributed by atoms with Crippen molar-refractivity contribution < 1.29 is 5.11 Å². The summed E-state index contributed by atoms with van der Waals surface area (Å²) < 4.78 is 0. The Balaban J connectivity index is 2.54. The van der Waals surface area contributed by atoms with Crippen LogP contribution < -0.4 is 0 Å². The van der Waals surface area contributed by atoms with Crippen molar-refractivity contribution in [2.45, 2.75) is 19.3 Å². The summed E-state index contributed by atoms with van der Waals surface area (Å²) >= 11 is 0. The van der Waals surface area contributed by atoms with E-state index in [1.165, 1.54) is 11.1 Å². The molecular weight excluding hydrogens is 220 g/mol. The third kappa shape index (κ3) is 2.30. The molecule has 1 N–H and O–H groups in total. The van der Waals surface area contributed by atoms with Crippen molar-refractivity contribution in [1.82, 2.24) is 0 Å². The molecular formula is C17H18O. The molecule has 0 aliphatic carbocycles. The van der Waals surface area contributed by atoms with Crippen LogP contribution >= 0.6 is 0 Å². The summed E-state index contributed by atoms with van der Waals surface area (Å²) in [6.45, 7) is 4.22. The number of phenolic OH excluding ortho intramolecular Hbond substituents is 1. The van der Waals surface area contributed by atoms with Gasteiger partial charge in [0.05, 0.1) is 0 Å². The van der Waals surface area contributed by atoms with Crippen molar-refractivity contribution in [3.63, 3.8) is 0 Å². The summed E-state index contributed by atoms with van der Waals surface area (Å²) in [5.41, 5.74) is 2.25. The SMILES string of the molecule is CC=CC(C)(c1ccccc1)c1ccc(O)cc1. The third-order valence-electron chi connectivity index (χ3n) is 3.34. The normalized spacial score (nSPS) is 14.6. The molecule has 0 aromatic heterocycles. The van der Waals surface area contributed by atoms with Gasteiger partial charge in [0.15, 0.2) is 0 Å². The second-order valence-electron chi connectivity index (χ2n) is 4.62.